The van der Waals surface area contributed by atoms with Crippen molar-refractivity contribution in [1.29, 1.82) is 0 Å². The van der Waals surface area contributed by atoms with Crippen molar-refractivity contribution in [3.63, 3.8) is 0 Å². The van der Waals surface area contributed by atoms with Crippen molar-refractivity contribution in [3.8, 4) is 11.5 Å². The number of hydrogen-bond acceptors (Lipinski definition) is 5. The van der Waals surface area contributed by atoms with Crippen molar-refractivity contribution < 1.29 is 9.15 Å². The molecule has 0 amide bonds. The predicted molar refractivity (Wildman–Crippen MR) is 68.9 cm³/mol. The van der Waals surface area contributed by atoms with E-state index in [4.69, 9.17) is 9.15 Å². The average molecular weight is 245 g/mol. The lowest BCUT2D eigenvalue weighted by Gasteiger charge is -2.04. The summed E-state index contributed by atoms with van der Waals surface area (Å²) in [7, 11) is 0. The molecule has 0 aliphatic carbocycles. The number of benzene rings is 1. The third-order valence-corrected chi connectivity index (χ3v) is 2.29. The maximum Gasteiger partial charge on any atom is 0.249 e. The summed E-state index contributed by atoms with van der Waals surface area (Å²) in [6.45, 7) is 6.09. The summed E-state index contributed by atoms with van der Waals surface area (Å²) in [6, 6.07) is 7.59. The van der Waals surface area contributed by atoms with Gasteiger partial charge in [-0.15, -0.1) is 10.2 Å². The molecule has 1 aromatic heterocycles. The molecule has 0 unspecified atom stereocenters. The maximum atomic E-state index is 5.42. The molecule has 0 aliphatic rings. The van der Waals surface area contributed by atoms with Crippen LogP contribution in [-0.4, -0.2) is 22.7 Å². The summed E-state index contributed by atoms with van der Waals surface area (Å²) in [5.41, 5.74) is 1.56. The molecule has 18 heavy (non-hydrogen) atoms. The normalized spacial score (nSPS) is 11.6. The molecular weight excluding hydrogens is 230 g/mol. The van der Waals surface area contributed by atoms with Crippen LogP contribution in [-0.2, 0) is 4.74 Å². The molecule has 1 heterocycles. The van der Waals surface area contributed by atoms with Gasteiger partial charge in [0.2, 0.25) is 11.8 Å². The average Bonchev–Trinajstić information content (AvgIpc) is 2.77. The van der Waals surface area contributed by atoms with Crippen molar-refractivity contribution in [1.82, 2.24) is 10.2 Å². The Morgan fingerprint density at radius 2 is 2.11 bits per heavy atom. The van der Waals surface area contributed by atoms with E-state index in [1.807, 2.05) is 38.1 Å². The summed E-state index contributed by atoms with van der Waals surface area (Å²) >= 11 is 0. The third-order valence-electron chi connectivity index (χ3n) is 2.29. The minimum Gasteiger partial charge on any atom is -0.481 e. The van der Waals surface area contributed by atoms with E-state index in [0.717, 1.165) is 11.3 Å². The Kier molecular flexibility index (Phi) is 3.72. The first-order chi connectivity index (χ1) is 8.70. The zero-order valence-corrected chi connectivity index (χ0v) is 10.7. The minimum absolute atomic E-state index is 0.469. The second kappa shape index (κ2) is 5.44. The molecule has 2 aromatic rings. The van der Waals surface area contributed by atoms with Gasteiger partial charge >= 0.3 is 0 Å². The van der Waals surface area contributed by atoms with E-state index in [2.05, 4.69) is 15.2 Å². The molecule has 5 nitrogen and oxygen atoms in total. The minimum atomic E-state index is 0.469. The number of para-hydroxylation sites is 1. The fourth-order valence-corrected chi connectivity index (χ4v) is 1.57. The van der Waals surface area contributed by atoms with Crippen LogP contribution in [0.5, 0.6) is 0 Å². The molecule has 0 radical (unpaired) electrons. The van der Waals surface area contributed by atoms with Gasteiger partial charge in [0.05, 0.1) is 17.9 Å². The first kappa shape index (κ1) is 12.3. The van der Waals surface area contributed by atoms with E-state index in [0.29, 0.717) is 24.3 Å². The fourth-order valence-electron chi connectivity index (χ4n) is 1.57. The molecule has 5 heteroatoms. The third kappa shape index (κ3) is 2.74. The van der Waals surface area contributed by atoms with Gasteiger partial charge in [-0.25, -0.2) is 4.99 Å². The highest BCUT2D eigenvalue weighted by Crippen LogP contribution is 2.29. The molecule has 0 bridgehead atoms. The molecular formula is C13H15N3O2. The fraction of sp³-hybridized carbons (Fsp3) is 0.308. The van der Waals surface area contributed by atoms with Crippen LogP contribution in [0.15, 0.2) is 33.7 Å². The topological polar surface area (TPSA) is 60.5 Å². The lowest BCUT2D eigenvalue weighted by Crippen LogP contribution is -1.97. The van der Waals surface area contributed by atoms with Gasteiger partial charge in [0.25, 0.3) is 0 Å². The summed E-state index contributed by atoms with van der Waals surface area (Å²) in [4.78, 5) is 4.40. The Labute approximate surface area is 106 Å². The molecule has 0 saturated heterocycles. The summed E-state index contributed by atoms with van der Waals surface area (Å²) < 4.78 is 10.7. The van der Waals surface area contributed by atoms with Crippen molar-refractivity contribution in [2.45, 2.75) is 20.8 Å². The van der Waals surface area contributed by atoms with Crippen LogP contribution >= 0.6 is 0 Å². The Balaban J connectivity index is 2.40. The van der Waals surface area contributed by atoms with Crippen LogP contribution in [0.25, 0.3) is 11.5 Å². The second-order valence-electron chi connectivity index (χ2n) is 3.71. The summed E-state index contributed by atoms with van der Waals surface area (Å²) in [5, 5.41) is 7.83. The molecule has 1 aromatic carbocycles. The van der Waals surface area contributed by atoms with Crippen molar-refractivity contribution in [3.05, 3.63) is 30.2 Å². The number of aromatic nitrogens is 2. The number of aryl methyl sites for hydroxylation is 1. The Morgan fingerprint density at radius 1 is 1.33 bits per heavy atom. The largest absolute Gasteiger partial charge is 0.481 e. The zero-order valence-electron chi connectivity index (χ0n) is 10.7. The maximum absolute atomic E-state index is 5.42. The molecule has 0 saturated carbocycles. The quantitative estimate of drug-likeness (QED) is 0.615. The number of ether oxygens (including phenoxy) is 1. The lowest BCUT2D eigenvalue weighted by molar-refractivity contribution is 0.325. The predicted octanol–water partition coefficient (Wildman–Crippen LogP) is 3.13. The van der Waals surface area contributed by atoms with Gasteiger partial charge in [0.1, 0.15) is 0 Å². The smallest absolute Gasteiger partial charge is 0.249 e. The van der Waals surface area contributed by atoms with Crippen LogP contribution < -0.4 is 0 Å². The highest BCUT2D eigenvalue weighted by Gasteiger charge is 2.10. The molecule has 0 spiro atoms. The van der Waals surface area contributed by atoms with E-state index in [1.54, 1.807) is 6.92 Å². The van der Waals surface area contributed by atoms with Crippen molar-refractivity contribution in [2.24, 2.45) is 4.99 Å². The molecule has 2 rings (SSSR count). The van der Waals surface area contributed by atoms with Gasteiger partial charge in [0, 0.05) is 13.8 Å². The molecule has 0 aliphatic heterocycles. The number of nitrogens with zero attached hydrogens (tertiary/aromatic N) is 3. The molecule has 0 N–H and O–H groups in total. The Hall–Kier alpha value is -2.17. The second-order valence-corrected chi connectivity index (χ2v) is 3.71. The van der Waals surface area contributed by atoms with E-state index >= 15 is 0 Å². The Morgan fingerprint density at radius 3 is 2.78 bits per heavy atom. The van der Waals surface area contributed by atoms with Gasteiger partial charge in [-0.2, -0.15) is 0 Å². The highest BCUT2D eigenvalue weighted by atomic mass is 16.5. The van der Waals surface area contributed by atoms with Crippen LogP contribution in [0.3, 0.4) is 0 Å². The monoisotopic (exact) mass is 245 g/mol. The lowest BCUT2D eigenvalue weighted by atomic mass is 10.2. The van der Waals surface area contributed by atoms with Gasteiger partial charge in [-0.1, -0.05) is 12.1 Å². The van der Waals surface area contributed by atoms with Gasteiger partial charge in [-0.3, -0.25) is 0 Å². The first-order valence-electron chi connectivity index (χ1n) is 5.78. The number of aliphatic imine (C=N–C) groups is 1. The number of hydrogen-bond donors (Lipinski definition) is 0. The summed E-state index contributed by atoms with van der Waals surface area (Å²) in [6.07, 6.45) is 0. The summed E-state index contributed by atoms with van der Waals surface area (Å²) in [5.74, 6) is 1.61. The van der Waals surface area contributed by atoms with Gasteiger partial charge in [-0.05, 0) is 19.1 Å². The van der Waals surface area contributed by atoms with Crippen molar-refractivity contribution >= 4 is 11.6 Å². The van der Waals surface area contributed by atoms with E-state index in [-0.39, 0.29) is 0 Å². The van der Waals surface area contributed by atoms with Gasteiger partial charge < -0.3 is 9.15 Å². The SMILES string of the molecule is CCOC(C)=Nc1ccccc1-c1nnc(C)o1. The standard InChI is InChI=1S/C13H15N3O2/c1-4-17-9(2)14-12-8-6-5-7-11(12)13-16-15-10(3)18-13/h5-8H,4H2,1-3H3. The van der Waals surface area contributed by atoms with Crippen LogP contribution in [0, 0.1) is 6.92 Å². The van der Waals surface area contributed by atoms with Crippen LogP contribution in [0.1, 0.15) is 19.7 Å². The Bertz CT molecular complexity index is 561. The first-order valence-corrected chi connectivity index (χ1v) is 5.78. The van der Waals surface area contributed by atoms with Gasteiger partial charge in [0.15, 0.2) is 5.90 Å². The zero-order chi connectivity index (χ0) is 13.0. The highest BCUT2D eigenvalue weighted by molar-refractivity contribution is 5.81. The van der Waals surface area contributed by atoms with Crippen molar-refractivity contribution in [2.75, 3.05) is 6.61 Å². The van der Waals surface area contributed by atoms with Crippen LogP contribution in [0.2, 0.25) is 0 Å². The molecule has 0 atom stereocenters. The van der Waals surface area contributed by atoms with E-state index in [9.17, 15) is 0 Å². The number of rotatable bonds is 3. The molecule has 0 fully saturated rings. The van der Waals surface area contributed by atoms with E-state index < -0.39 is 0 Å². The molecule has 94 valence electrons. The van der Waals surface area contributed by atoms with E-state index in [1.165, 1.54) is 0 Å². The van der Waals surface area contributed by atoms with Crippen LogP contribution in [0.4, 0.5) is 5.69 Å².